The van der Waals surface area contributed by atoms with Crippen LogP contribution in [0.1, 0.15) is 13.8 Å². The number of hydrogen-bond acceptors (Lipinski definition) is 3. The second-order valence-electron chi connectivity index (χ2n) is 4.47. The summed E-state index contributed by atoms with van der Waals surface area (Å²) in [5.41, 5.74) is 0.921. The molecule has 0 aromatic heterocycles. The quantitative estimate of drug-likeness (QED) is 0.837. The van der Waals surface area contributed by atoms with Crippen LogP contribution in [0.5, 0.6) is 0 Å². The number of anilines is 1. The van der Waals surface area contributed by atoms with E-state index in [9.17, 15) is 8.42 Å². The molecule has 0 spiro atoms. The van der Waals surface area contributed by atoms with E-state index in [4.69, 9.17) is 4.55 Å². The molecule has 0 unspecified atom stereocenters. The normalized spacial score (nSPS) is 12.0. The summed E-state index contributed by atoms with van der Waals surface area (Å²) in [6, 6.07) is 10.5. The molecule has 0 atom stereocenters. The van der Waals surface area contributed by atoms with E-state index >= 15 is 0 Å². The molecule has 2 aromatic rings. The van der Waals surface area contributed by atoms with E-state index in [2.05, 4.69) is 5.32 Å². The van der Waals surface area contributed by atoms with Crippen molar-refractivity contribution in [3.8, 4) is 0 Å². The van der Waals surface area contributed by atoms with Gasteiger partial charge in [-0.15, -0.1) is 0 Å². The Kier molecular flexibility index (Phi) is 3.28. The Morgan fingerprint density at radius 1 is 1.17 bits per heavy atom. The van der Waals surface area contributed by atoms with Gasteiger partial charge in [0.05, 0.1) is 0 Å². The summed E-state index contributed by atoms with van der Waals surface area (Å²) in [5, 5.41) is 4.54. The molecular formula is C13H15NO3S. The van der Waals surface area contributed by atoms with Crippen molar-refractivity contribution in [3.05, 3.63) is 36.4 Å². The van der Waals surface area contributed by atoms with Crippen molar-refractivity contribution in [2.45, 2.75) is 24.8 Å². The van der Waals surface area contributed by atoms with Crippen molar-refractivity contribution in [3.63, 3.8) is 0 Å². The second kappa shape index (κ2) is 4.59. The maximum absolute atomic E-state index is 11.2. The maximum atomic E-state index is 11.2. The van der Waals surface area contributed by atoms with Crippen LogP contribution in [0.25, 0.3) is 10.8 Å². The van der Waals surface area contributed by atoms with E-state index in [0.29, 0.717) is 11.4 Å². The van der Waals surface area contributed by atoms with Gasteiger partial charge in [-0.1, -0.05) is 18.2 Å². The molecule has 0 aliphatic heterocycles. The third kappa shape index (κ3) is 2.63. The predicted molar refractivity (Wildman–Crippen MR) is 72.5 cm³/mol. The first-order valence-electron chi connectivity index (χ1n) is 5.65. The van der Waals surface area contributed by atoms with Crippen LogP contribution in [0.4, 0.5) is 5.69 Å². The van der Waals surface area contributed by atoms with Gasteiger partial charge in [0.15, 0.2) is 0 Å². The van der Waals surface area contributed by atoms with E-state index in [1.165, 1.54) is 6.07 Å². The number of fused-ring (bicyclic) bond motifs is 1. The minimum absolute atomic E-state index is 0.0592. The molecule has 4 nitrogen and oxygen atoms in total. The Morgan fingerprint density at radius 2 is 1.89 bits per heavy atom. The van der Waals surface area contributed by atoms with Crippen LogP contribution in [0.2, 0.25) is 0 Å². The molecule has 0 bridgehead atoms. The monoisotopic (exact) mass is 265 g/mol. The summed E-state index contributed by atoms with van der Waals surface area (Å²) in [4.78, 5) is -0.0592. The molecule has 0 saturated carbocycles. The van der Waals surface area contributed by atoms with Gasteiger partial charge in [-0.2, -0.15) is 8.42 Å². The highest BCUT2D eigenvalue weighted by atomic mass is 32.2. The highest BCUT2D eigenvalue weighted by Gasteiger charge is 2.13. The van der Waals surface area contributed by atoms with Crippen molar-refractivity contribution in [2.75, 3.05) is 5.32 Å². The molecule has 0 aliphatic carbocycles. The van der Waals surface area contributed by atoms with Crippen LogP contribution in [0.15, 0.2) is 41.3 Å². The summed E-state index contributed by atoms with van der Waals surface area (Å²) in [6.45, 7) is 4.05. The molecule has 96 valence electrons. The van der Waals surface area contributed by atoms with Gasteiger partial charge in [-0.25, -0.2) is 0 Å². The fraction of sp³-hybridized carbons (Fsp3) is 0.231. The third-order valence-electron chi connectivity index (χ3n) is 2.57. The van der Waals surface area contributed by atoms with Gasteiger partial charge < -0.3 is 5.32 Å². The zero-order valence-electron chi connectivity index (χ0n) is 10.2. The van der Waals surface area contributed by atoms with E-state index in [-0.39, 0.29) is 4.90 Å². The average Bonchev–Trinajstić information content (AvgIpc) is 2.25. The van der Waals surface area contributed by atoms with Crippen LogP contribution < -0.4 is 5.32 Å². The molecule has 0 fully saturated rings. The van der Waals surface area contributed by atoms with Crippen molar-refractivity contribution in [1.82, 2.24) is 0 Å². The number of rotatable bonds is 3. The lowest BCUT2D eigenvalue weighted by atomic mass is 10.1. The number of hydrogen-bond donors (Lipinski definition) is 2. The molecule has 0 aliphatic rings. The minimum atomic E-state index is -4.19. The fourth-order valence-corrected chi connectivity index (χ4v) is 2.62. The number of nitrogens with one attached hydrogen (secondary N) is 1. The van der Waals surface area contributed by atoms with Gasteiger partial charge in [0.25, 0.3) is 10.1 Å². The van der Waals surface area contributed by atoms with Gasteiger partial charge in [-0.05, 0) is 37.4 Å². The molecule has 2 rings (SSSR count). The minimum Gasteiger partial charge on any atom is -0.383 e. The van der Waals surface area contributed by atoms with Gasteiger partial charge in [0.2, 0.25) is 0 Å². The second-order valence-corrected chi connectivity index (χ2v) is 5.86. The lowest BCUT2D eigenvalue weighted by molar-refractivity contribution is 0.484. The Morgan fingerprint density at radius 3 is 2.50 bits per heavy atom. The lowest BCUT2D eigenvalue weighted by Crippen LogP contribution is -2.09. The molecule has 0 heterocycles. The molecule has 2 aromatic carbocycles. The molecular weight excluding hydrogens is 250 g/mol. The first-order valence-corrected chi connectivity index (χ1v) is 7.09. The first-order chi connectivity index (χ1) is 8.38. The van der Waals surface area contributed by atoms with Crippen LogP contribution in [0, 0.1) is 0 Å². The van der Waals surface area contributed by atoms with Gasteiger partial charge in [0, 0.05) is 17.1 Å². The van der Waals surface area contributed by atoms with Crippen LogP contribution >= 0.6 is 0 Å². The number of benzene rings is 2. The predicted octanol–water partition coefficient (Wildman–Crippen LogP) is 2.91. The van der Waals surface area contributed by atoms with E-state index in [0.717, 1.165) is 11.1 Å². The largest absolute Gasteiger partial charge is 0.383 e. The Balaban J connectivity index is 2.61. The van der Waals surface area contributed by atoms with E-state index in [1.807, 2.05) is 26.0 Å². The van der Waals surface area contributed by atoms with Gasteiger partial charge in [-0.3, -0.25) is 4.55 Å². The Hall–Kier alpha value is -1.59. The lowest BCUT2D eigenvalue weighted by Gasteiger charge is -2.11. The standard InChI is InChI=1S/C13H15NO3S/c1-9(2)14-11-6-7-12-10(8-11)4-3-5-13(12)18(15,16)17/h3-9,14H,1-2H3,(H,15,16,17). The average molecular weight is 265 g/mol. The van der Waals surface area contributed by atoms with Crippen LogP contribution in [0.3, 0.4) is 0 Å². The van der Waals surface area contributed by atoms with Crippen molar-refractivity contribution in [2.24, 2.45) is 0 Å². The highest BCUT2D eigenvalue weighted by molar-refractivity contribution is 7.86. The smallest absolute Gasteiger partial charge is 0.295 e. The molecule has 0 saturated heterocycles. The summed E-state index contributed by atoms with van der Waals surface area (Å²) >= 11 is 0. The summed E-state index contributed by atoms with van der Waals surface area (Å²) < 4.78 is 31.7. The molecule has 0 amide bonds. The highest BCUT2D eigenvalue weighted by Crippen LogP contribution is 2.25. The summed E-state index contributed by atoms with van der Waals surface area (Å²) in [6.07, 6.45) is 0. The topological polar surface area (TPSA) is 66.4 Å². The van der Waals surface area contributed by atoms with Gasteiger partial charge in [0.1, 0.15) is 4.90 Å². The SMILES string of the molecule is CC(C)Nc1ccc2c(S(=O)(=O)O)cccc2c1. The zero-order chi connectivity index (χ0) is 13.3. The fourth-order valence-electron chi connectivity index (χ4n) is 1.90. The van der Waals surface area contributed by atoms with Crippen molar-refractivity contribution < 1.29 is 13.0 Å². The zero-order valence-corrected chi connectivity index (χ0v) is 11.0. The van der Waals surface area contributed by atoms with Crippen molar-refractivity contribution >= 4 is 26.6 Å². The molecule has 18 heavy (non-hydrogen) atoms. The van der Waals surface area contributed by atoms with E-state index < -0.39 is 10.1 Å². The summed E-state index contributed by atoms with van der Waals surface area (Å²) in [7, 11) is -4.19. The van der Waals surface area contributed by atoms with Crippen LogP contribution in [-0.2, 0) is 10.1 Å². The Labute approximate surface area is 106 Å². The third-order valence-corrected chi connectivity index (χ3v) is 3.49. The van der Waals surface area contributed by atoms with Crippen LogP contribution in [-0.4, -0.2) is 19.0 Å². The molecule has 5 heteroatoms. The molecule has 2 N–H and O–H groups in total. The summed E-state index contributed by atoms with van der Waals surface area (Å²) in [5.74, 6) is 0. The maximum Gasteiger partial charge on any atom is 0.295 e. The Bertz CT molecular complexity index is 678. The van der Waals surface area contributed by atoms with Gasteiger partial charge >= 0.3 is 0 Å². The molecule has 0 radical (unpaired) electrons. The van der Waals surface area contributed by atoms with E-state index in [1.54, 1.807) is 18.2 Å². The van der Waals surface area contributed by atoms with Crippen molar-refractivity contribution in [1.29, 1.82) is 0 Å². The first kappa shape index (κ1) is 12.9.